The number of pyridine rings is 1. The van der Waals surface area contributed by atoms with Crippen molar-refractivity contribution in [1.29, 1.82) is 0 Å². The van der Waals surface area contributed by atoms with Gasteiger partial charge in [0.05, 0.1) is 10.0 Å². The Bertz CT molecular complexity index is 748. The summed E-state index contributed by atoms with van der Waals surface area (Å²) in [5.74, 6) is -0.797. The van der Waals surface area contributed by atoms with E-state index in [0.717, 1.165) is 18.3 Å². The highest BCUT2D eigenvalue weighted by molar-refractivity contribution is 7.92. The number of para-hydroxylation sites is 1. The number of halogens is 4. The maximum Gasteiger partial charge on any atom is 0.263 e. The van der Waals surface area contributed by atoms with Crippen LogP contribution < -0.4 is 4.72 Å². The number of nitrogens with zero attached hydrogens (tertiary/aromatic N) is 1. The van der Waals surface area contributed by atoms with Gasteiger partial charge >= 0.3 is 0 Å². The van der Waals surface area contributed by atoms with Gasteiger partial charge in [0, 0.05) is 6.20 Å². The summed E-state index contributed by atoms with van der Waals surface area (Å²) in [6.07, 6.45) is 1.01. The van der Waals surface area contributed by atoms with Crippen molar-refractivity contribution in [3.63, 3.8) is 0 Å². The lowest BCUT2D eigenvalue weighted by atomic mass is 10.3. The van der Waals surface area contributed by atoms with Crippen molar-refractivity contribution in [2.45, 2.75) is 4.90 Å². The number of hydrogen-bond acceptors (Lipinski definition) is 3. The van der Waals surface area contributed by atoms with E-state index < -0.39 is 15.8 Å². The summed E-state index contributed by atoms with van der Waals surface area (Å²) in [5, 5.41) is -0.134. The van der Waals surface area contributed by atoms with Crippen LogP contribution in [-0.2, 0) is 10.0 Å². The monoisotopic (exact) mass is 354 g/mol. The van der Waals surface area contributed by atoms with Crippen molar-refractivity contribution < 1.29 is 12.8 Å². The molecule has 0 radical (unpaired) electrons. The maximum atomic E-state index is 13.6. The fourth-order valence-electron chi connectivity index (χ4n) is 1.34. The van der Waals surface area contributed by atoms with Crippen molar-refractivity contribution in [2.75, 3.05) is 4.72 Å². The summed E-state index contributed by atoms with van der Waals surface area (Å²) in [6.45, 7) is 0. The summed E-state index contributed by atoms with van der Waals surface area (Å²) in [4.78, 5) is 3.36. The fourth-order valence-corrected chi connectivity index (χ4v) is 3.00. The molecular weight excluding hydrogens is 350 g/mol. The molecule has 1 aromatic carbocycles. The van der Waals surface area contributed by atoms with Gasteiger partial charge in [0.2, 0.25) is 0 Å². The van der Waals surface area contributed by atoms with Crippen LogP contribution in [0.15, 0.2) is 35.4 Å². The predicted octanol–water partition coefficient (Wildman–Crippen LogP) is 3.98. The Balaban J connectivity index is 2.43. The van der Waals surface area contributed by atoms with Crippen LogP contribution in [0.5, 0.6) is 0 Å². The van der Waals surface area contributed by atoms with Crippen molar-refractivity contribution in [2.24, 2.45) is 0 Å². The molecule has 0 saturated carbocycles. The fraction of sp³-hybridized carbons (Fsp3) is 0. The molecule has 0 aliphatic carbocycles. The Labute approximate surface area is 129 Å². The van der Waals surface area contributed by atoms with Gasteiger partial charge in [0.15, 0.2) is 0 Å². The standard InChI is InChI=1S/C11H6Cl3FN2O2S/c12-7-2-1-3-9(15)10(7)17-20(18,19)6-4-8(13)11(14)16-5-6/h1-5,17H. The van der Waals surface area contributed by atoms with Crippen LogP contribution in [0.1, 0.15) is 0 Å². The van der Waals surface area contributed by atoms with E-state index >= 15 is 0 Å². The third-order valence-electron chi connectivity index (χ3n) is 2.28. The number of benzene rings is 1. The average Bonchev–Trinajstić information content (AvgIpc) is 2.37. The highest BCUT2D eigenvalue weighted by atomic mass is 35.5. The van der Waals surface area contributed by atoms with Gasteiger partial charge in [0.25, 0.3) is 10.0 Å². The number of aromatic nitrogens is 1. The van der Waals surface area contributed by atoms with E-state index in [1.54, 1.807) is 0 Å². The van der Waals surface area contributed by atoms with Gasteiger partial charge in [-0.25, -0.2) is 17.8 Å². The largest absolute Gasteiger partial charge is 0.275 e. The molecule has 9 heteroatoms. The molecule has 0 spiro atoms. The number of nitrogens with one attached hydrogen (secondary N) is 1. The Kier molecular flexibility index (Phi) is 4.39. The molecule has 1 N–H and O–H groups in total. The lowest BCUT2D eigenvalue weighted by molar-refractivity contribution is 0.598. The highest BCUT2D eigenvalue weighted by Gasteiger charge is 2.19. The van der Waals surface area contributed by atoms with Gasteiger partial charge in [0.1, 0.15) is 21.6 Å². The van der Waals surface area contributed by atoms with Gasteiger partial charge < -0.3 is 0 Å². The lowest BCUT2D eigenvalue weighted by Crippen LogP contribution is -2.14. The Morgan fingerprint density at radius 2 is 1.85 bits per heavy atom. The van der Waals surface area contributed by atoms with E-state index in [4.69, 9.17) is 34.8 Å². The summed E-state index contributed by atoms with van der Waals surface area (Å²) >= 11 is 17.1. The summed E-state index contributed by atoms with van der Waals surface area (Å²) in [7, 11) is -4.08. The molecule has 0 aliphatic heterocycles. The first-order chi connectivity index (χ1) is 9.31. The Hall–Kier alpha value is -1.08. The molecule has 2 rings (SSSR count). The molecule has 0 bridgehead atoms. The summed E-state index contributed by atoms with van der Waals surface area (Å²) in [5.41, 5.74) is -0.347. The minimum absolute atomic E-state index is 0.0328. The third-order valence-corrected chi connectivity index (χ3v) is 4.60. The first-order valence-corrected chi connectivity index (χ1v) is 7.71. The summed E-state index contributed by atoms with van der Waals surface area (Å²) in [6, 6.07) is 4.90. The van der Waals surface area contributed by atoms with Gasteiger partial charge in [-0.05, 0) is 18.2 Å². The van der Waals surface area contributed by atoms with E-state index in [0.29, 0.717) is 0 Å². The zero-order valence-corrected chi connectivity index (χ0v) is 12.7. The molecule has 0 fully saturated rings. The van der Waals surface area contributed by atoms with E-state index in [1.165, 1.54) is 12.1 Å². The molecule has 106 valence electrons. The minimum atomic E-state index is -4.08. The molecule has 20 heavy (non-hydrogen) atoms. The number of rotatable bonds is 3. The Morgan fingerprint density at radius 1 is 1.15 bits per heavy atom. The molecule has 0 saturated heterocycles. The van der Waals surface area contributed by atoms with E-state index in [2.05, 4.69) is 4.98 Å². The first-order valence-electron chi connectivity index (χ1n) is 5.09. The maximum absolute atomic E-state index is 13.6. The molecular formula is C11H6Cl3FN2O2S. The molecule has 2 aromatic rings. The minimum Gasteiger partial charge on any atom is -0.275 e. The van der Waals surface area contributed by atoms with Crippen LogP contribution in [0.25, 0.3) is 0 Å². The van der Waals surface area contributed by atoms with Crippen molar-refractivity contribution in [3.05, 3.63) is 51.5 Å². The molecule has 0 atom stereocenters. The second-order valence-electron chi connectivity index (χ2n) is 3.65. The van der Waals surface area contributed by atoms with Crippen molar-refractivity contribution in [1.82, 2.24) is 4.98 Å². The molecule has 0 aliphatic rings. The van der Waals surface area contributed by atoms with Gasteiger partial charge in [-0.15, -0.1) is 0 Å². The van der Waals surface area contributed by atoms with Crippen LogP contribution in [0.3, 0.4) is 0 Å². The number of sulfonamides is 1. The first kappa shape index (κ1) is 15.3. The van der Waals surface area contributed by atoms with E-state index in [1.807, 2.05) is 4.72 Å². The highest BCUT2D eigenvalue weighted by Crippen LogP contribution is 2.28. The van der Waals surface area contributed by atoms with Gasteiger partial charge in [-0.2, -0.15) is 0 Å². The predicted molar refractivity (Wildman–Crippen MR) is 76.5 cm³/mol. The second-order valence-corrected chi connectivity index (χ2v) is 6.50. The van der Waals surface area contributed by atoms with Crippen molar-refractivity contribution in [3.8, 4) is 0 Å². The van der Waals surface area contributed by atoms with Crippen LogP contribution in [-0.4, -0.2) is 13.4 Å². The average molecular weight is 356 g/mol. The molecule has 1 aromatic heterocycles. The number of hydrogen-bond donors (Lipinski definition) is 1. The smallest absolute Gasteiger partial charge is 0.263 e. The van der Waals surface area contributed by atoms with Crippen LogP contribution >= 0.6 is 34.8 Å². The summed E-state index contributed by atoms with van der Waals surface area (Å²) < 4.78 is 39.8. The molecule has 4 nitrogen and oxygen atoms in total. The topological polar surface area (TPSA) is 59.1 Å². The Morgan fingerprint density at radius 3 is 2.45 bits per heavy atom. The normalized spacial score (nSPS) is 11.4. The quantitative estimate of drug-likeness (QED) is 0.847. The van der Waals surface area contributed by atoms with E-state index in [9.17, 15) is 12.8 Å². The van der Waals surface area contributed by atoms with Crippen LogP contribution in [0.2, 0.25) is 15.2 Å². The van der Waals surface area contributed by atoms with Gasteiger partial charge in [-0.3, -0.25) is 4.72 Å². The van der Waals surface area contributed by atoms with Crippen LogP contribution in [0.4, 0.5) is 10.1 Å². The molecule has 0 unspecified atom stereocenters. The lowest BCUT2D eigenvalue weighted by Gasteiger charge is -2.10. The zero-order chi connectivity index (χ0) is 14.9. The van der Waals surface area contributed by atoms with Gasteiger partial charge in [-0.1, -0.05) is 40.9 Å². The van der Waals surface area contributed by atoms with Crippen molar-refractivity contribution >= 4 is 50.5 Å². The van der Waals surface area contributed by atoms with Crippen LogP contribution in [0, 0.1) is 5.82 Å². The SMILES string of the molecule is O=S(=O)(Nc1c(F)cccc1Cl)c1cnc(Cl)c(Cl)c1. The molecule has 1 heterocycles. The zero-order valence-electron chi connectivity index (χ0n) is 9.57. The number of anilines is 1. The second kappa shape index (κ2) is 5.73. The third kappa shape index (κ3) is 3.15. The molecule has 0 amide bonds. The van der Waals surface area contributed by atoms with E-state index in [-0.39, 0.29) is 25.8 Å².